The lowest BCUT2D eigenvalue weighted by molar-refractivity contribution is -0.135. The first kappa shape index (κ1) is 32.0. The van der Waals surface area contributed by atoms with E-state index in [1.54, 1.807) is 14.0 Å². The second-order valence-corrected chi connectivity index (χ2v) is 13.9. The van der Waals surface area contributed by atoms with E-state index in [-0.39, 0.29) is 30.2 Å². The van der Waals surface area contributed by atoms with Gasteiger partial charge < -0.3 is 14.5 Å². The van der Waals surface area contributed by atoms with Crippen LogP contribution in [0.4, 0.5) is 0 Å². The van der Waals surface area contributed by atoms with Gasteiger partial charge in [-0.3, -0.25) is 9.59 Å². The number of hydrogen-bond acceptors (Lipinski definition) is 5. The summed E-state index contributed by atoms with van der Waals surface area (Å²) in [6.45, 7) is 5.46. The molecule has 0 bridgehead atoms. The maximum Gasteiger partial charge on any atom is 0.253 e. The number of likely N-dealkylation sites (tertiary alicyclic amines) is 1. The maximum atomic E-state index is 14.0. The minimum absolute atomic E-state index is 0.0110. The Labute approximate surface area is 252 Å². The molecule has 0 atom stereocenters. The molecule has 8 nitrogen and oxygen atoms in total. The lowest BCUT2D eigenvalue weighted by Gasteiger charge is -2.39. The second-order valence-electron chi connectivity index (χ2n) is 11.6. The molecule has 4 rings (SSSR count). The van der Waals surface area contributed by atoms with Gasteiger partial charge in [-0.15, -0.1) is 0 Å². The quantitative estimate of drug-likeness (QED) is 0.339. The van der Waals surface area contributed by atoms with Gasteiger partial charge in [-0.1, -0.05) is 50.5 Å². The van der Waals surface area contributed by atoms with E-state index in [4.69, 9.17) is 4.74 Å². The van der Waals surface area contributed by atoms with E-state index in [1.165, 1.54) is 16.3 Å². The molecule has 2 aliphatic rings. The molecule has 1 saturated heterocycles. The van der Waals surface area contributed by atoms with Crippen molar-refractivity contribution in [1.29, 1.82) is 0 Å². The molecule has 0 unspecified atom stereocenters. The molecule has 1 saturated carbocycles. The fourth-order valence-corrected chi connectivity index (χ4v) is 7.26. The van der Waals surface area contributed by atoms with Crippen LogP contribution < -0.4 is 4.74 Å². The molecular weight excluding hydrogens is 550 g/mol. The van der Waals surface area contributed by atoms with Crippen LogP contribution >= 0.6 is 0 Å². The number of piperidine rings is 1. The molecule has 1 aliphatic heterocycles. The van der Waals surface area contributed by atoms with Crippen LogP contribution in [0.25, 0.3) is 0 Å². The highest BCUT2D eigenvalue weighted by Gasteiger charge is 2.33. The number of carbonyl (C=O) groups excluding carboxylic acids is 2. The SMILES string of the molecule is CCc1ccc(C(=O)N2CCC(N(Cc3ccc(OC)cc3)C(=O)CN(CC3CCCCC3)S(=O)(=O)CC)CC2)cc1. The van der Waals surface area contributed by atoms with Gasteiger partial charge in [-0.25, -0.2) is 8.42 Å². The highest BCUT2D eigenvalue weighted by Crippen LogP contribution is 2.27. The maximum absolute atomic E-state index is 14.0. The van der Waals surface area contributed by atoms with Gasteiger partial charge in [-0.05, 0) is 80.3 Å². The number of nitrogens with zero attached hydrogens (tertiary/aromatic N) is 3. The molecule has 0 spiro atoms. The normalized spacial score (nSPS) is 16.9. The van der Waals surface area contributed by atoms with E-state index in [1.807, 2.05) is 58.3 Å². The molecule has 42 heavy (non-hydrogen) atoms. The summed E-state index contributed by atoms with van der Waals surface area (Å²) in [4.78, 5) is 30.9. The van der Waals surface area contributed by atoms with Crippen LogP contribution in [-0.4, -0.2) is 79.4 Å². The van der Waals surface area contributed by atoms with Gasteiger partial charge in [0.2, 0.25) is 15.9 Å². The number of sulfonamides is 1. The Bertz CT molecular complexity index is 1270. The van der Waals surface area contributed by atoms with Crippen LogP contribution in [0.1, 0.15) is 80.3 Å². The van der Waals surface area contributed by atoms with Crippen LogP contribution in [0.15, 0.2) is 48.5 Å². The zero-order valence-electron chi connectivity index (χ0n) is 25.5. The van der Waals surface area contributed by atoms with E-state index in [0.717, 1.165) is 43.4 Å². The Morgan fingerprint density at radius 2 is 1.50 bits per heavy atom. The zero-order chi connectivity index (χ0) is 30.1. The van der Waals surface area contributed by atoms with E-state index < -0.39 is 10.0 Å². The molecule has 0 radical (unpaired) electrons. The van der Waals surface area contributed by atoms with Gasteiger partial charge in [0.25, 0.3) is 5.91 Å². The zero-order valence-corrected chi connectivity index (χ0v) is 26.3. The Balaban J connectivity index is 1.49. The van der Waals surface area contributed by atoms with Crippen LogP contribution in [0.5, 0.6) is 5.75 Å². The highest BCUT2D eigenvalue weighted by atomic mass is 32.2. The monoisotopic (exact) mass is 597 g/mol. The third-order valence-electron chi connectivity index (χ3n) is 8.89. The topological polar surface area (TPSA) is 87.2 Å². The van der Waals surface area contributed by atoms with Gasteiger partial charge in [0.1, 0.15) is 5.75 Å². The molecule has 0 aromatic heterocycles. The first-order valence-corrected chi connectivity index (χ1v) is 17.1. The number of methoxy groups -OCH3 is 1. The van der Waals surface area contributed by atoms with E-state index >= 15 is 0 Å². The number of rotatable bonds is 12. The second kappa shape index (κ2) is 15.0. The predicted molar refractivity (Wildman–Crippen MR) is 166 cm³/mol. The smallest absolute Gasteiger partial charge is 0.253 e. The molecule has 2 amide bonds. The van der Waals surface area contributed by atoms with Crippen molar-refractivity contribution in [1.82, 2.24) is 14.1 Å². The summed E-state index contributed by atoms with van der Waals surface area (Å²) in [6.07, 6.45) is 7.64. The van der Waals surface area contributed by atoms with E-state index in [9.17, 15) is 18.0 Å². The number of hydrogen-bond donors (Lipinski definition) is 0. The Kier molecular flexibility index (Phi) is 11.4. The van der Waals surface area contributed by atoms with Crippen LogP contribution in [0.3, 0.4) is 0 Å². The predicted octanol–water partition coefficient (Wildman–Crippen LogP) is 5.12. The molecule has 0 N–H and O–H groups in total. The van der Waals surface area contributed by atoms with Gasteiger partial charge in [0.15, 0.2) is 0 Å². The largest absolute Gasteiger partial charge is 0.497 e. The molecular formula is C33H47N3O5S. The third-order valence-corrected chi connectivity index (χ3v) is 10.7. The molecule has 1 heterocycles. The summed E-state index contributed by atoms with van der Waals surface area (Å²) in [5, 5.41) is 0. The summed E-state index contributed by atoms with van der Waals surface area (Å²) in [7, 11) is -1.92. The molecule has 9 heteroatoms. The first-order chi connectivity index (χ1) is 20.2. The molecule has 230 valence electrons. The lowest BCUT2D eigenvalue weighted by Crippen LogP contribution is -2.52. The summed E-state index contributed by atoms with van der Waals surface area (Å²) < 4.78 is 33.0. The minimum Gasteiger partial charge on any atom is -0.497 e. The van der Waals surface area contributed by atoms with Crippen LogP contribution in [-0.2, 0) is 27.8 Å². The van der Waals surface area contributed by atoms with Crippen molar-refractivity contribution < 1.29 is 22.7 Å². The molecule has 2 aromatic rings. The fraction of sp³-hybridized carbons (Fsp3) is 0.576. The van der Waals surface area contributed by atoms with E-state index in [2.05, 4.69) is 6.92 Å². The number of aryl methyl sites for hydroxylation is 1. The summed E-state index contributed by atoms with van der Waals surface area (Å²) in [6, 6.07) is 15.3. The number of amides is 2. The minimum atomic E-state index is -3.54. The van der Waals surface area contributed by atoms with Gasteiger partial charge in [0.05, 0.1) is 19.4 Å². The van der Waals surface area contributed by atoms with Crippen molar-refractivity contribution in [2.24, 2.45) is 5.92 Å². The average Bonchev–Trinajstić information content (AvgIpc) is 3.03. The first-order valence-electron chi connectivity index (χ1n) is 15.5. The summed E-state index contributed by atoms with van der Waals surface area (Å²) in [5.41, 5.74) is 2.83. The average molecular weight is 598 g/mol. The molecule has 2 fully saturated rings. The lowest BCUT2D eigenvalue weighted by atomic mass is 9.89. The Hall–Kier alpha value is -2.91. The number of carbonyl (C=O) groups is 2. The Morgan fingerprint density at radius 3 is 2.07 bits per heavy atom. The van der Waals surface area contributed by atoms with Crippen molar-refractivity contribution in [3.05, 3.63) is 65.2 Å². The standard InChI is InChI=1S/C33H47N3O5S/c1-4-26-11-15-29(16-12-26)33(38)34-21-19-30(20-22-34)36(24-28-13-17-31(41-3)18-14-28)32(37)25-35(42(39,40)5-2)23-27-9-7-6-8-10-27/h11-18,27,30H,4-10,19-25H2,1-3H3. The van der Waals surface area contributed by atoms with Gasteiger partial charge >= 0.3 is 0 Å². The fourth-order valence-electron chi connectivity index (χ4n) is 6.15. The van der Waals surface area contributed by atoms with E-state index in [0.29, 0.717) is 50.5 Å². The molecule has 2 aromatic carbocycles. The van der Waals surface area contributed by atoms with Crippen molar-refractivity contribution in [2.75, 3.05) is 39.0 Å². The summed E-state index contributed by atoms with van der Waals surface area (Å²) >= 11 is 0. The summed E-state index contributed by atoms with van der Waals surface area (Å²) in [5.74, 6) is 0.840. The molecule has 1 aliphatic carbocycles. The van der Waals surface area contributed by atoms with Crippen LogP contribution in [0, 0.1) is 5.92 Å². The van der Waals surface area contributed by atoms with Crippen molar-refractivity contribution in [2.45, 2.75) is 77.8 Å². The van der Waals surface area contributed by atoms with Gasteiger partial charge in [0, 0.05) is 37.8 Å². The third kappa shape index (κ3) is 8.34. The number of ether oxygens (including phenoxy) is 1. The number of benzene rings is 2. The van der Waals surface area contributed by atoms with Gasteiger partial charge in [-0.2, -0.15) is 4.31 Å². The van der Waals surface area contributed by atoms with Crippen molar-refractivity contribution >= 4 is 21.8 Å². The van der Waals surface area contributed by atoms with Crippen molar-refractivity contribution in [3.63, 3.8) is 0 Å². The Morgan fingerprint density at radius 1 is 0.881 bits per heavy atom. The van der Waals surface area contributed by atoms with Crippen molar-refractivity contribution in [3.8, 4) is 5.75 Å². The highest BCUT2D eigenvalue weighted by molar-refractivity contribution is 7.89. The van der Waals surface area contributed by atoms with Crippen LogP contribution in [0.2, 0.25) is 0 Å².